The van der Waals surface area contributed by atoms with E-state index in [1.54, 1.807) is 19.4 Å². The van der Waals surface area contributed by atoms with E-state index in [1.165, 1.54) is 0 Å². The van der Waals surface area contributed by atoms with Gasteiger partial charge in [0.2, 0.25) is 0 Å². The van der Waals surface area contributed by atoms with Crippen LogP contribution in [-0.2, 0) is 9.53 Å². The molecule has 10 nitrogen and oxygen atoms in total. The van der Waals surface area contributed by atoms with Crippen LogP contribution in [-0.4, -0.2) is 59.0 Å². The summed E-state index contributed by atoms with van der Waals surface area (Å²) in [6.45, 7) is 4.65. The molecular formula is C31H32N6O4. The molecule has 0 radical (unpaired) electrons. The molecule has 0 saturated heterocycles. The summed E-state index contributed by atoms with van der Waals surface area (Å²) in [6.07, 6.45) is 3.64. The summed E-state index contributed by atoms with van der Waals surface area (Å²) in [7, 11) is 1.64. The molecule has 5 aromatic rings. The average molecular weight is 553 g/mol. The molecule has 0 spiro atoms. The van der Waals surface area contributed by atoms with Gasteiger partial charge in [-0.2, -0.15) is 5.10 Å². The molecule has 0 aliphatic rings. The number of methoxy groups -OCH3 is 1. The molecule has 210 valence electrons. The Kier molecular flexibility index (Phi) is 8.70. The highest BCUT2D eigenvalue weighted by molar-refractivity contribution is 5.93. The van der Waals surface area contributed by atoms with E-state index in [0.29, 0.717) is 36.4 Å². The van der Waals surface area contributed by atoms with Crippen LogP contribution in [0.2, 0.25) is 0 Å². The summed E-state index contributed by atoms with van der Waals surface area (Å²) in [5.41, 5.74) is 4.42. The molecule has 3 N–H and O–H groups in total. The molecule has 10 heteroatoms. The third kappa shape index (κ3) is 7.17. The van der Waals surface area contributed by atoms with E-state index in [0.717, 1.165) is 33.3 Å². The maximum Gasteiger partial charge on any atom is 0.258 e. The van der Waals surface area contributed by atoms with Crippen LogP contribution >= 0.6 is 0 Å². The van der Waals surface area contributed by atoms with Crippen LogP contribution in [0.1, 0.15) is 13.8 Å². The van der Waals surface area contributed by atoms with Gasteiger partial charge in [-0.15, -0.1) is 0 Å². The summed E-state index contributed by atoms with van der Waals surface area (Å²) < 4.78 is 16.7. The molecule has 2 aromatic heterocycles. The predicted octanol–water partition coefficient (Wildman–Crippen LogP) is 5.36. The van der Waals surface area contributed by atoms with Crippen molar-refractivity contribution in [2.75, 3.05) is 32.2 Å². The Labute approximate surface area is 238 Å². The highest BCUT2D eigenvalue weighted by Crippen LogP contribution is 2.32. The Bertz CT molecular complexity index is 1600. The summed E-state index contributed by atoms with van der Waals surface area (Å²) in [6, 6.07) is 21.2. The van der Waals surface area contributed by atoms with Crippen molar-refractivity contribution in [3.05, 3.63) is 79.1 Å². The predicted molar refractivity (Wildman–Crippen MR) is 158 cm³/mol. The maximum atomic E-state index is 12.1. The van der Waals surface area contributed by atoms with Crippen molar-refractivity contribution >= 4 is 28.3 Å². The Morgan fingerprint density at radius 3 is 2.49 bits per heavy atom. The molecule has 0 atom stereocenters. The second kappa shape index (κ2) is 12.9. The molecule has 1 amide bonds. The van der Waals surface area contributed by atoms with Crippen LogP contribution in [0.15, 0.2) is 79.1 Å². The minimum atomic E-state index is -0.179. The van der Waals surface area contributed by atoms with Crippen LogP contribution in [0.4, 0.5) is 11.5 Å². The number of hydrogen-bond acceptors (Lipinski definition) is 8. The van der Waals surface area contributed by atoms with Gasteiger partial charge >= 0.3 is 0 Å². The number of fused-ring (bicyclic) bond motifs is 1. The van der Waals surface area contributed by atoms with E-state index in [1.807, 2.05) is 80.7 Å². The number of carbonyl (C=O) groups excluding carboxylic acids is 1. The van der Waals surface area contributed by atoms with Gasteiger partial charge in [0.15, 0.2) is 12.4 Å². The summed E-state index contributed by atoms with van der Waals surface area (Å²) in [5.74, 6) is 2.21. The Morgan fingerprint density at radius 2 is 1.73 bits per heavy atom. The van der Waals surface area contributed by atoms with Gasteiger partial charge in [0, 0.05) is 41.5 Å². The fourth-order valence-electron chi connectivity index (χ4n) is 4.19. The summed E-state index contributed by atoms with van der Waals surface area (Å²) >= 11 is 0. The van der Waals surface area contributed by atoms with Crippen molar-refractivity contribution in [2.24, 2.45) is 0 Å². The van der Waals surface area contributed by atoms with Crippen LogP contribution in [0.3, 0.4) is 0 Å². The Hall–Kier alpha value is -4.96. The maximum absolute atomic E-state index is 12.1. The third-order valence-corrected chi connectivity index (χ3v) is 6.11. The van der Waals surface area contributed by atoms with Gasteiger partial charge in [0.1, 0.15) is 23.9 Å². The van der Waals surface area contributed by atoms with Crippen molar-refractivity contribution in [3.63, 3.8) is 0 Å². The number of aromatic nitrogens is 4. The number of carbonyl (C=O) groups is 1. The van der Waals surface area contributed by atoms with Crippen molar-refractivity contribution in [2.45, 2.75) is 19.9 Å². The first-order valence-electron chi connectivity index (χ1n) is 13.3. The number of hydrogen-bond donors (Lipinski definition) is 3. The largest absolute Gasteiger partial charge is 0.491 e. The number of nitrogens with one attached hydrogen (secondary N) is 3. The van der Waals surface area contributed by atoms with Crippen molar-refractivity contribution < 1.29 is 19.0 Å². The van der Waals surface area contributed by atoms with E-state index in [2.05, 4.69) is 20.8 Å². The van der Waals surface area contributed by atoms with Gasteiger partial charge in [0.05, 0.1) is 18.3 Å². The first-order chi connectivity index (χ1) is 20.0. The monoisotopic (exact) mass is 552 g/mol. The lowest BCUT2D eigenvalue weighted by atomic mass is 10.1. The van der Waals surface area contributed by atoms with E-state index < -0.39 is 0 Å². The molecule has 5 rings (SSSR count). The molecule has 2 heterocycles. The van der Waals surface area contributed by atoms with Gasteiger partial charge in [-0.25, -0.2) is 9.97 Å². The third-order valence-electron chi connectivity index (χ3n) is 6.11. The van der Waals surface area contributed by atoms with Gasteiger partial charge in [0.25, 0.3) is 5.91 Å². The van der Waals surface area contributed by atoms with E-state index in [4.69, 9.17) is 24.2 Å². The lowest BCUT2D eigenvalue weighted by Gasteiger charge is -2.14. The quantitative estimate of drug-likeness (QED) is 0.177. The first-order valence-corrected chi connectivity index (χ1v) is 13.3. The van der Waals surface area contributed by atoms with Crippen LogP contribution < -0.4 is 20.1 Å². The molecule has 0 aliphatic carbocycles. The SMILES string of the molecule is COCCOc1ccc2nc(-c3cccc(OCC(=O)NC(C)C)c3)nc(Nc3ccc(-c4cn[nH]c4)cc3)c2c1. The minimum absolute atomic E-state index is 0.0436. The Morgan fingerprint density at radius 1 is 0.902 bits per heavy atom. The van der Waals surface area contributed by atoms with E-state index in [-0.39, 0.29) is 18.6 Å². The lowest BCUT2D eigenvalue weighted by Crippen LogP contribution is -2.34. The van der Waals surface area contributed by atoms with E-state index in [9.17, 15) is 4.79 Å². The molecule has 0 bridgehead atoms. The Balaban J connectivity index is 1.46. The van der Waals surface area contributed by atoms with Crippen molar-refractivity contribution in [3.8, 4) is 34.0 Å². The topological polar surface area (TPSA) is 123 Å². The first kappa shape index (κ1) is 27.6. The zero-order valence-corrected chi connectivity index (χ0v) is 23.2. The number of benzene rings is 3. The smallest absolute Gasteiger partial charge is 0.258 e. The number of anilines is 2. The number of aromatic amines is 1. The van der Waals surface area contributed by atoms with Crippen LogP contribution in [0.5, 0.6) is 11.5 Å². The second-order valence-electron chi connectivity index (χ2n) is 9.64. The standard InChI is InChI=1S/C31H32N6O4/c1-20(2)34-29(38)19-41-25-6-4-5-22(15-25)30-36-28-12-11-26(40-14-13-39-3)16-27(28)31(37-30)35-24-9-7-21(8-10-24)23-17-32-33-18-23/h4-12,15-18,20H,13-14,19H2,1-3H3,(H,32,33)(H,34,38)(H,35,36,37). The van der Waals surface area contributed by atoms with E-state index >= 15 is 0 Å². The number of amides is 1. The molecule has 3 aromatic carbocycles. The molecule has 0 unspecified atom stereocenters. The van der Waals surface area contributed by atoms with Crippen molar-refractivity contribution in [1.29, 1.82) is 0 Å². The number of rotatable bonds is 12. The molecular weight excluding hydrogens is 520 g/mol. The second-order valence-corrected chi connectivity index (χ2v) is 9.64. The lowest BCUT2D eigenvalue weighted by molar-refractivity contribution is -0.123. The molecule has 41 heavy (non-hydrogen) atoms. The zero-order chi connectivity index (χ0) is 28.6. The van der Waals surface area contributed by atoms with Gasteiger partial charge in [-0.1, -0.05) is 24.3 Å². The zero-order valence-electron chi connectivity index (χ0n) is 23.2. The number of nitrogens with zero attached hydrogens (tertiary/aromatic N) is 3. The van der Waals surface area contributed by atoms with Gasteiger partial charge in [-0.3, -0.25) is 9.89 Å². The van der Waals surface area contributed by atoms with Crippen molar-refractivity contribution in [1.82, 2.24) is 25.5 Å². The average Bonchev–Trinajstić information content (AvgIpc) is 3.52. The van der Waals surface area contributed by atoms with Gasteiger partial charge in [-0.05, 0) is 61.9 Å². The van der Waals surface area contributed by atoms with Crippen LogP contribution in [0.25, 0.3) is 33.4 Å². The number of H-pyrrole nitrogens is 1. The number of ether oxygens (including phenoxy) is 3. The summed E-state index contributed by atoms with van der Waals surface area (Å²) in [4.78, 5) is 21.8. The van der Waals surface area contributed by atoms with Gasteiger partial charge < -0.3 is 24.8 Å². The highest BCUT2D eigenvalue weighted by atomic mass is 16.5. The minimum Gasteiger partial charge on any atom is -0.491 e. The molecule has 0 fully saturated rings. The van der Waals surface area contributed by atoms with Crippen LogP contribution in [0, 0.1) is 0 Å². The highest BCUT2D eigenvalue weighted by Gasteiger charge is 2.13. The summed E-state index contributed by atoms with van der Waals surface area (Å²) in [5, 5.41) is 14.0. The molecule has 0 saturated carbocycles. The fraction of sp³-hybridized carbons (Fsp3) is 0.226. The molecule has 0 aliphatic heterocycles. The fourth-order valence-corrected chi connectivity index (χ4v) is 4.19. The normalized spacial score (nSPS) is 11.0.